The van der Waals surface area contributed by atoms with Crippen LogP contribution in [0.15, 0.2) is 43.4 Å². The smallest absolute Gasteiger partial charge is 0.137 e. The third-order valence-corrected chi connectivity index (χ3v) is 7.51. The molecule has 2 aromatic heterocycles. The third kappa shape index (κ3) is 5.53. The molecule has 35 heavy (non-hydrogen) atoms. The number of likely N-dealkylation sites (tertiary alicyclic amines) is 1. The molecule has 184 valence electrons. The summed E-state index contributed by atoms with van der Waals surface area (Å²) in [6, 6.07) is 9.08. The highest BCUT2D eigenvalue weighted by atomic mass is 15.2. The molecule has 2 aliphatic rings. The van der Waals surface area contributed by atoms with Gasteiger partial charge in [0.2, 0.25) is 0 Å². The summed E-state index contributed by atoms with van der Waals surface area (Å²) in [4.78, 5) is 21.1. The summed E-state index contributed by atoms with van der Waals surface area (Å²) >= 11 is 0. The number of nitrogens with one attached hydrogen (secondary N) is 1. The van der Waals surface area contributed by atoms with Gasteiger partial charge in [-0.3, -0.25) is 9.88 Å². The molecule has 0 aliphatic carbocycles. The predicted molar refractivity (Wildman–Crippen MR) is 144 cm³/mol. The highest BCUT2D eigenvalue weighted by molar-refractivity contribution is 5.93. The van der Waals surface area contributed by atoms with Crippen molar-refractivity contribution < 1.29 is 0 Å². The van der Waals surface area contributed by atoms with Crippen LogP contribution in [0.5, 0.6) is 0 Å². The van der Waals surface area contributed by atoms with Gasteiger partial charge in [0.05, 0.1) is 5.52 Å². The summed E-state index contributed by atoms with van der Waals surface area (Å²) < 4.78 is 0. The number of aryl methyl sites for hydroxylation is 1. The van der Waals surface area contributed by atoms with E-state index in [-0.39, 0.29) is 0 Å². The van der Waals surface area contributed by atoms with Crippen molar-refractivity contribution in [1.29, 1.82) is 0 Å². The summed E-state index contributed by atoms with van der Waals surface area (Å²) in [6.45, 7) is 14.1. The Labute approximate surface area is 208 Å². The van der Waals surface area contributed by atoms with Crippen LogP contribution < -0.4 is 5.32 Å². The number of piperazine rings is 1. The van der Waals surface area contributed by atoms with Crippen molar-refractivity contribution in [3.05, 3.63) is 65.8 Å². The Kier molecular flexibility index (Phi) is 7.09. The van der Waals surface area contributed by atoms with Crippen LogP contribution in [0.2, 0.25) is 0 Å². The number of nitrogens with zero attached hydrogens (tertiary/aromatic N) is 6. The first-order valence-corrected chi connectivity index (χ1v) is 12.7. The van der Waals surface area contributed by atoms with E-state index in [1.165, 1.54) is 5.56 Å². The molecule has 2 aliphatic heterocycles. The largest absolute Gasteiger partial charge is 0.367 e. The van der Waals surface area contributed by atoms with E-state index in [0.717, 1.165) is 97.8 Å². The molecule has 0 bridgehead atoms. The van der Waals surface area contributed by atoms with E-state index in [2.05, 4.69) is 81.8 Å². The molecule has 2 saturated heterocycles. The van der Waals surface area contributed by atoms with Crippen LogP contribution >= 0.6 is 0 Å². The van der Waals surface area contributed by atoms with E-state index < -0.39 is 0 Å². The van der Waals surface area contributed by atoms with E-state index in [9.17, 15) is 0 Å². The fraction of sp³-hybridized carbons (Fsp3) is 0.464. The van der Waals surface area contributed by atoms with Crippen molar-refractivity contribution in [2.24, 2.45) is 0 Å². The molecule has 7 nitrogen and oxygen atoms in total. The quantitative estimate of drug-likeness (QED) is 0.589. The topological polar surface area (TPSA) is 60.4 Å². The van der Waals surface area contributed by atoms with Gasteiger partial charge in [0.15, 0.2) is 0 Å². The van der Waals surface area contributed by atoms with Gasteiger partial charge in [-0.05, 0) is 81.8 Å². The molecule has 2 fully saturated rings. The molecule has 0 atom stereocenters. The number of anilines is 1. The molecule has 7 heteroatoms. The summed E-state index contributed by atoms with van der Waals surface area (Å²) in [5, 5.41) is 4.74. The second kappa shape index (κ2) is 10.4. The first-order chi connectivity index (χ1) is 17.0. The second-order valence-corrected chi connectivity index (χ2v) is 10.2. The minimum atomic E-state index is 0.439. The zero-order valence-electron chi connectivity index (χ0n) is 21.3. The lowest BCUT2D eigenvalue weighted by Gasteiger charge is -2.32. The number of aromatic nitrogens is 3. The van der Waals surface area contributed by atoms with Gasteiger partial charge >= 0.3 is 0 Å². The van der Waals surface area contributed by atoms with Gasteiger partial charge in [0.1, 0.15) is 12.1 Å². The minimum Gasteiger partial charge on any atom is -0.367 e. The van der Waals surface area contributed by atoms with Crippen molar-refractivity contribution in [3.8, 4) is 0 Å². The fourth-order valence-electron chi connectivity index (χ4n) is 5.09. The molecule has 0 spiro atoms. The highest BCUT2D eigenvalue weighted by Crippen LogP contribution is 2.30. The van der Waals surface area contributed by atoms with Gasteiger partial charge in [0.25, 0.3) is 0 Å². The van der Waals surface area contributed by atoms with E-state index in [1.807, 2.05) is 6.20 Å². The molecular formula is C28H37N7. The summed E-state index contributed by atoms with van der Waals surface area (Å²) in [7, 11) is 4.38. The van der Waals surface area contributed by atoms with Crippen molar-refractivity contribution >= 4 is 22.3 Å². The third-order valence-electron chi connectivity index (χ3n) is 7.51. The standard InChI is InChI=1S/C28H37N7/c1-20(25-15-22(17-29-21(25)2)18-35-13-11-34(4)12-14-35)23-5-6-27-26(16-23)28(31-19-30-27)32-24-7-9-33(3)10-8-24/h5-6,15-17,19,24H,1,7-14,18H2,2-4H3,(H,30,31,32). The Morgan fingerprint density at radius 1 is 0.971 bits per heavy atom. The normalized spacial score (nSPS) is 18.7. The van der Waals surface area contributed by atoms with Gasteiger partial charge in [0, 0.05) is 61.6 Å². The van der Waals surface area contributed by atoms with Crippen LogP contribution in [0.3, 0.4) is 0 Å². The number of piperidine rings is 1. The zero-order chi connectivity index (χ0) is 24.4. The Morgan fingerprint density at radius 2 is 1.71 bits per heavy atom. The van der Waals surface area contributed by atoms with E-state index in [4.69, 9.17) is 4.98 Å². The van der Waals surface area contributed by atoms with E-state index in [1.54, 1.807) is 6.33 Å². The Bertz CT molecular complexity index is 1190. The number of pyridine rings is 1. The molecule has 4 heterocycles. The number of hydrogen-bond acceptors (Lipinski definition) is 7. The Morgan fingerprint density at radius 3 is 2.49 bits per heavy atom. The molecule has 0 radical (unpaired) electrons. The first-order valence-electron chi connectivity index (χ1n) is 12.7. The lowest BCUT2D eigenvalue weighted by molar-refractivity contribution is 0.148. The molecule has 1 N–H and O–H groups in total. The Balaban J connectivity index is 1.38. The van der Waals surface area contributed by atoms with E-state index in [0.29, 0.717) is 6.04 Å². The summed E-state index contributed by atoms with van der Waals surface area (Å²) in [5.41, 5.74) is 6.38. The van der Waals surface area contributed by atoms with Crippen LogP contribution in [0, 0.1) is 6.92 Å². The lowest BCUT2D eigenvalue weighted by atomic mass is 9.96. The maximum Gasteiger partial charge on any atom is 0.137 e. The summed E-state index contributed by atoms with van der Waals surface area (Å²) in [5.74, 6) is 0.915. The highest BCUT2D eigenvalue weighted by Gasteiger charge is 2.19. The van der Waals surface area contributed by atoms with Crippen LogP contribution in [-0.2, 0) is 6.54 Å². The Hall–Kier alpha value is -2.87. The van der Waals surface area contributed by atoms with Gasteiger partial charge < -0.3 is 15.1 Å². The number of likely N-dealkylation sites (N-methyl/N-ethyl adjacent to an activating group) is 1. The number of benzene rings is 1. The van der Waals surface area contributed by atoms with Crippen molar-refractivity contribution in [3.63, 3.8) is 0 Å². The van der Waals surface area contributed by atoms with Crippen molar-refractivity contribution in [2.45, 2.75) is 32.4 Å². The maximum atomic E-state index is 4.73. The molecule has 0 amide bonds. The molecule has 0 saturated carbocycles. The van der Waals surface area contributed by atoms with Crippen molar-refractivity contribution in [1.82, 2.24) is 29.7 Å². The zero-order valence-corrected chi connectivity index (χ0v) is 21.3. The fourth-order valence-corrected chi connectivity index (χ4v) is 5.09. The molecule has 5 rings (SSSR count). The first kappa shape index (κ1) is 23.9. The van der Waals surface area contributed by atoms with Gasteiger partial charge in [-0.15, -0.1) is 0 Å². The minimum absolute atomic E-state index is 0.439. The van der Waals surface area contributed by atoms with Crippen LogP contribution in [0.25, 0.3) is 16.5 Å². The average Bonchev–Trinajstić information content (AvgIpc) is 2.87. The van der Waals surface area contributed by atoms with Gasteiger partial charge in [-0.1, -0.05) is 12.6 Å². The molecule has 1 aromatic carbocycles. The second-order valence-electron chi connectivity index (χ2n) is 10.2. The predicted octanol–water partition coefficient (Wildman–Crippen LogP) is 3.65. The van der Waals surface area contributed by atoms with Gasteiger partial charge in [-0.25, -0.2) is 9.97 Å². The maximum absolute atomic E-state index is 4.73. The molecular weight excluding hydrogens is 434 g/mol. The number of fused-ring (bicyclic) bond motifs is 1. The number of rotatable bonds is 6. The number of hydrogen-bond donors (Lipinski definition) is 1. The SMILES string of the molecule is C=C(c1ccc2ncnc(NC3CCN(C)CC3)c2c1)c1cc(CN2CCN(C)CC2)cnc1C. The molecule has 3 aromatic rings. The van der Waals surface area contributed by atoms with Crippen LogP contribution in [-0.4, -0.2) is 89.1 Å². The van der Waals surface area contributed by atoms with Crippen LogP contribution in [0.1, 0.15) is 35.2 Å². The van der Waals surface area contributed by atoms with E-state index >= 15 is 0 Å². The van der Waals surface area contributed by atoms with Gasteiger partial charge in [-0.2, -0.15) is 0 Å². The van der Waals surface area contributed by atoms with Crippen molar-refractivity contribution in [2.75, 3.05) is 58.7 Å². The molecule has 0 unspecified atom stereocenters. The monoisotopic (exact) mass is 471 g/mol. The summed E-state index contributed by atoms with van der Waals surface area (Å²) in [6.07, 6.45) is 5.92. The lowest BCUT2D eigenvalue weighted by Crippen LogP contribution is -2.43. The van der Waals surface area contributed by atoms with Crippen LogP contribution in [0.4, 0.5) is 5.82 Å². The average molecular weight is 472 g/mol.